The van der Waals surface area contributed by atoms with E-state index in [0.717, 1.165) is 24.3 Å². The molecule has 3 heterocycles. The van der Waals surface area contributed by atoms with E-state index in [1.165, 1.54) is 11.6 Å². The number of phenolic OH excluding ortho intramolecular Hbond substituents is 2. The number of rotatable bonds is 5. The van der Waals surface area contributed by atoms with Gasteiger partial charge in [0.05, 0.1) is 11.3 Å². The van der Waals surface area contributed by atoms with Gasteiger partial charge in [0, 0.05) is 24.4 Å². The minimum Gasteiger partial charge on any atom is -0.508 e. The maximum absolute atomic E-state index is 10.8. The van der Waals surface area contributed by atoms with Crippen molar-refractivity contribution in [1.29, 1.82) is 0 Å². The Hall–Kier alpha value is -4.40. The molecule has 0 bridgehead atoms. The fraction of sp³-hybridized carbons (Fsp3) is 0.231. The van der Waals surface area contributed by atoms with Crippen LogP contribution in [0.2, 0.25) is 0 Å². The van der Waals surface area contributed by atoms with Gasteiger partial charge in [-0.1, -0.05) is 18.9 Å². The van der Waals surface area contributed by atoms with Crippen LogP contribution < -0.4 is 19.5 Å². The largest absolute Gasteiger partial charge is 0.508 e. The second kappa shape index (κ2) is 8.12. The van der Waals surface area contributed by atoms with Crippen LogP contribution in [0, 0.1) is 0 Å². The molecule has 178 valence electrons. The van der Waals surface area contributed by atoms with Gasteiger partial charge in [-0.25, -0.2) is 4.57 Å². The summed E-state index contributed by atoms with van der Waals surface area (Å²) in [4.78, 5) is 0. The number of fused-ring (bicyclic) bond motifs is 2. The number of hydrogen-bond donors (Lipinski definition) is 3. The van der Waals surface area contributed by atoms with Crippen molar-refractivity contribution in [2.45, 2.75) is 26.2 Å². The summed E-state index contributed by atoms with van der Waals surface area (Å²) in [6.45, 7) is 5.00. The molecule has 2 aliphatic heterocycles. The van der Waals surface area contributed by atoms with Crippen LogP contribution in [0.3, 0.4) is 0 Å². The van der Waals surface area contributed by atoms with Gasteiger partial charge in [0.2, 0.25) is 6.79 Å². The first-order valence-corrected chi connectivity index (χ1v) is 11.4. The molecule has 3 N–H and O–H groups in total. The van der Waals surface area contributed by atoms with E-state index in [4.69, 9.17) is 14.2 Å². The van der Waals surface area contributed by atoms with Gasteiger partial charge in [-0.3, -0.25) is 0 Å². The van der Waals surface area contributed by atoms with Crippen molar-refractivity contribution in [3.8, 4) is 51.8 Å². The predicted octanol–water partition coefficient (Wildman–Crippen LogP) is 4.96. The maximum atomic E-state index is 10.8. The minimum absolute atomic E-state index is 0.0350. The third-order valence-electron chi connectivity index (χ3n) is 6.25. The van der Waals surface area contributed by atoms with E-state index in [2.05, 4.69) is 21.6 Å². The Kier molecular flexibility index (Phi) is 4.91. The molecule has 0 amide bonds. The third-order valence-corrected chi connectivity index (χ3v) is 6.25. The molecule has 9 nitrogen and oxygen atoms in total. The number of aromatic hydroxyl groups is 2. The summed E-state index contributed by atoms with van der Waals surface area (Å²) in [5.41, 5.74) is 4.20. The summed E-state index contributed by atoms with van der Waals surface area (Å²) in [5, 5.41) is 33.2. The van der Waals surface area contributed by atoms with Gasteiger partial charge in [0.15, 0.2) is 17.3 Å². The van der Waals surface area contributed by atoms with Crippen LogP contribution in [0.1, 0.15) is 30.9 Å². The molecule has 0 fully saturated rings. The number of nitrogens with zero attached hydrogens (tertiary/aromatic N) is 3. The Morgan fingerprint density at radius 3 is 2.69 bits per heavy atom. The predicted molar refractivity (Wildman–Crippen MR) is 129 cm³/mol. The fourth-order valence-electron chi connectivity index (χ4n) is 4.45. The Morgan fingerprint density at radius 1 is 0.971 bits per heavy atom. The molecule has 0 atom stereocenters. The van der Waals surface area contributed by atoms with Crippen molar-refractivity contribution in [3.63, 3.8) is 0 Å². The van der Waals surface area contributed by atoms with E-state index in [9.17, 15) is 10.2 Å². The van der Waals surface area contributed by atoms with Crippen LogP contribution in [0.15, 0.2) is 48.5 Å². The number of hydrogen-bond acceptors (Lipinski definition) is 8. The first-order chi connectivity index (χ1) is 17.0. The Morgan fingerprint density at radius 2 is 1.83 bits per heavy atom. The minimum atomic E-state index is -0.0991. The van der Waals surface area contributed by atoms with Crippen molar-refractivity contribution < 1.29 is 24.4 Å². The molecule has 2 aliphatic rings. The quantitative estimate of drug-likeness (QED) is 0.374. The van der Waals surface area contributed by atoms with Gasteiger partial charge >= 0.3 is 6.01 Å². The highest BCUT2D eigenvalue weighted by Gasteiger charge is 2.24. The van der Waals surface area contributed by atoms with Gasteiger partial charge < -0.3 is 29.7 Å². The number of ether oxygens (including phenoxy) is 3. The van der Waals surface area contributed by atoms with E-state index in [1.807, 2.05) is 26.0 Å². The maximum Gasteiger partial charge on any atom is 0.327 e. The van der Waals surface area contributed by atoms with Crippen LogP contribution in [-0.2, 0) is 6.42 Å². The highest BCUT2D eigenvalue weighted by Crippen LogP contribution is 2.41. The number of anilines is 1. The first-order valence-electron chi connectivity index (χ1n) is 11.4. The molecule has 6 rings (SSSR count). The van der Waals surface area contributed by atoms with Crippen molar-refractivity contribution in [2.24, 2.45) is 0 Å². The van der Waals surface area contributed by atoms with Crippen LogP contribution in [0.5, 0.6) is 34.8 Å². The van der Waals surface area contributed by atoms with E-state index >= 15 is 0 Å². The molecule has 35 heavy (non-hydrogen) atoms. The number of benzene rings is 3. The molecule has 3 aromatic carbocycles. The zero-order valence-corrected chi connectivity index (χ0v) is 19.3. The van der Waals surface area contributed by atoms with Crippen LogP contribution in [0.25, 0.3) is 17.1 Å². The van der Waals surface area contributed by atoms with Crippen molar-refractivity contribution >= 4 is 5.69 Å². The molecule has 0 saturated heterocycles. The highest BCUT2D eigenvalue weighted by molar-refractivity contribution is 5.71. The molecule has 1 aromatic heterocycles. The van der Waals surface area contributed by atoms with Crippen molar-refractivity contribution in [3.05, 3.63) is 59.7 Å². The zero-order chi connectivity index (χ0) is 24.1. The number of nitrogens with one attached hydrogen (secondary N) is 1. The monoisotopic (exact) mass is 472 g/mol. The topological polar surface area (TPSA) is 111 Å². The fourth-order valence-corrected chi connectivity index (χ4v) is 4.45. The molecule has 0 unspecified atom stereocenters. The Bertz CT molecular complexity index is 1450. The van der Waals surface area contributed by atoms with Crippen LogP contribution >= 0.6 is 0 Å². The summed E-state index contributed by atoms with van der Waals surface area (Å²) in [5.74, 6) is 2.13. The summed E-state index contributed by atoms with van der Waals surface area (Å²) >= 11 is 0. The van der Waals surface area contributed by atoms with Gasteiger partial charge in [-0.15, -0.1) is 5.10 Å². The molecule has 4 aromatic rings. The SMILES string of the molecule is CC(C)c1cc(-c2nnc(Oc3ccc4c(c3)OCO4)n2-c2ccc3c(c2)CCN3)c(O)cc1O. The molecule has 0 aliphatic carbocycles. The summed E-state index contributed by atoms with van der Waals surface area (Å²) in [7, 11) is 0. The molecule has 0 radical (unpaired) electrons. The lowest BCUT2D eigenvalue weighted by atomic mass is 9.98. The summed E-state index contributed by atoms with van der Waals surface area (Å²) in [6, 6.07) is 14.6. The molecule has 0 spiro atoms. The molecular formula is C26H24N4O5. The van der Waals surface area contributed by atoms with Gasteiger partial charge in [-0.2, -0.15) is 0 Å². The van der Waals surface area contributed by atoms with E-state index in [-0.39, 0.29) is 30.2 Å². The summed E-state index contributed by atoms with van der Waals surface area (Å²) in [6.07, 6.45) is 0.904. The van der Waals surface area contributed by atoms with Crippen molar-refractivity contribution in [1.82, 2.24) is 14.8 Å². The number of phenols is 2. The van der Waals surface area contributed by atoms with Crippen LogP contribution in [-0.4, -0.2) is 38.3 Å². The van der Waals surface area contributed by atoms with Gasteiger partial charge in [0.1, 0.15) is 17.2 Å². The van der Waals surface area contributed by atoms with E-state index in [0.29, 0.717) is 34.2 Å². The lowest BCUT2D eigenvalue weighted by Crippen LogP contribution is -2.02. The lowest BCUT2D eigenvalue weighted by molar-refractivity contribution is 0.174. The average molecular weight is 473 g/mol. The second-order valence-electron chi connectivity index (χ2n) is 8.86. The Balaban J connectivity index is 1.50. The van der Waals surface area contributed by atoms with Crippen LogP contribution in [0.4, 0.5) is 5.69 Å². The normalized spacial score (nSPS) is 13.7. The van der Waals surface area contributed by atoms with Crippen molar-refractivity contribution in [2.75, 3.05) is 18.7 Å². The smallest absolute Gasteiger partial charge is 0.327 e. The zero-order valence-electron chi connectivity index (χ0n) is 19.3. The molecule has 0 saturated carbocycles. The average Bonchev–Trinajstić information content (AvgIpc) is 3.57. The molecule has 9 heteroatoms. The Labute approximate surface area is 201 Å². The van der Waals surface area contributed by atoms with E-state index < -0.39 is 0 Å². The summed E-state index contributed by atoms with van der Waals surface area (Å²) < 4.78 is 18.8. The highest BCUT2D eigenvalue weighted by atomic mass is 16.7. The lowest BCUT2D eigenvalue weighted by Gasteiger charge is -2.15. The van der Waals surface area contributed by atoms with E-state index in [1.54, 1.807) is 28.8 Å². The van der Waals surface area contributed by atoms with Gasteiger partial charge in [-0.05, 0) is 59.9 Å². The third kappa shape index (κ3) is 3.65. The first kappa shape index (κ1) is 21.2. The second-order valence-corrected chi connectivity index (χ2v) is 8.86. The van der Waals surface area contributed by atoms with Gasteiger partial charge in [0.25, 0.3) is 0 Å². The standard InChI is InChI=1S/C26H24N4O5/c1-14(2)18-11-19(22(32)12-21(18)31)25-28-29-26(35-17-4-6-23-24(10-17)34-13-33-23)30(25)16-3-5-20-15(9-16)7-8-27-20/h3-6,9-12,14,27,31-32H,7-8,13H2,1-2H3. The molecular weight excluding hydrogens is 448 g/mol. The number of aromatic nitrogens is 3.